The van der Waals surface area contributed by atoms with Crippen LogP contribution in [0.2, 0.25) is 0 Å². The summed E-state index contributed by atoms with van der Waals surface area (Å²) in [5.74, 6) is -0.214. The highest BCUT2D eigenvalue weighted by Crippen LogP contribution is 2.54. The summed E-state index contributed by atoms with van der Waals surface area (Å²) < 4.78 is 41.6. The minimum atomic E-state index is -4.02. The molecule has 1 aromatic carbocycles. The fourth-order valence-corrected chi connectivity index (χ4v) is 8.09. The molecule has 0 saturated heterocycles. The predicted molar refractivity (Wildman–Crippen MR) is 185 cm³/mol. The molecule has 14 heteroatoms. The van der Waals surface area contributed by atoms with Gasteiger partial charge in [-0.15, -0.1) is 0 Å². The molecule has 0 radical (unpaired) electrons. The van der Waals surface area contributed by atoms with Crippen LogP contribution in [0.5, 0.6) is 5.75 Å². The molecule has 1 saturated carbocycles. The lowest BCUT2D eigenvalue weighted by Gasteiger charge is -2.33. The number of benzene rings is 1. The van der Waals surface area contributed by atoms with E-state index in [0.717, 1.165) is 69.1 Å². The Balaban J connectivity index is 1.43. The molecule has 2 heterocycles. The van der Waals surface area contributed by atoms with Crippen LogP contribution in [0.4, 0.5) is 4.79 Å². The van der Waals surface area contributed by atoms with Gasteiger partial charge < -0.3 is 29.6 Å². The molecule has 3 aliphatic carbocycles. The normalized spacial score (nSPS) is 20.4. The molecule has 3 N–H and O–H groups in total. The van der Waals surface area contributed by atoms with Crippen molar-refractivity contribution < 1.29 is 32.3 Å². The van der Waals surface area contributed by atoms with Crippen molar-refractivity contribution in [2.45, 2.75) is 62.9 Å². The van der Waals surface area contributed by atoms with Crippen molar-refractivity contribution in [1.29, 1.82) is 0 Å². The van der Waals surface area contributed by atoms with Crippen LogP contribution in [0.15, 0.2) is 52.6 Å². The average Bonchev–Trinajstić information content (AvgIpc) is 3.71. The lowest BCUT2D eigenvalue weighted by molar-refractivity contribution is -0.121. The van der Waals surface area contributed by atoms with Crippen LogP contribution in [0.1, 0.15) is 61.6 Å². The van der Waals surface area contributed by atoms with E-state index in [9.17, 15) is 22.8 Å². The van der Waals surface area contributed by atoms with E-state index in [1.54, 1.807) is 21.3 Å². The van der Waals surface area contributed by atoms with E-state index < -0.39 is 28.2 Å². The Labute approximate surface area is 287 Å². The number of nitrogens with one attached hydrogen (secondary N) is 3. The van der Waals surface area contributed by atoms with Crippen molar-refractivity contribution in [2.75, 3.05) is 55.1 Å². The highest BCUT2D eigenvalue weighted by atomic mass is 32.2. The number of methoxy groups -OCH3 is 2. The number of ether oxygens (including phenoxy) is 2. The zero-order valence-electron chi connectivity index (χ0n) is 28.8. The summed E-state index contributed by atoms with van der Waals surface area (Å²) in [5, 5.41) is 6.88. The number of hydrogen-bond acceptors (Lipinski definition) is 7. The minimum Gasteiger partial charge on any atom is -0.496 e. The number of amides is 4. The smallest absolute Gasteiger partial charge is 0.317 e. The average molecular weight is 695 g/mol. The van der Waals surface area contributed by atoms with E-state index >= 15 is 0 Å². The van der Waals surface area contributed by atoms with Gasteiger partial charge in [-0.2, -0.15) is 12.7 Å². The van der Waals surface area contributed by atoms with Gasteiger partial charge in [0.05, 0.1) is 24.8 Å². The fourth-order valence-electron chi connectivity index (χ4n) is 7.57. The second-order valence-corrected chi connectivity index (χ2v) is 15.3. The van der Waals surface area contributed by atoms with Crippen molar-refractivity contribution in [3.05, 3.63) is 63.9 Å². The molecule has 264 valence electrons. The molecular formula is C35H46N6O7S. The van der Waals surface area contributed by atoms with Gasteiger partial charge >= 0.3 is 16.2 Å². The van der Waals surface area contributed by atoms with Crippen LogP contribution < -0.4 is 20.1 Å². The number of aromatic nitrogens is 1. The highest BCUT2D eigenvalue weighted by Gasteiger charge is 2.46. The monoisotopic (exact) mass is 694 g/mol. The summed E-state index contributed by atoms with van der Waals surface area (Å²) in [5.41, 5.74) is 5.99. The molecule has 1 unspecified atom stereocenters. The lowest BCUT2D eigenvalue weighted by atomic mass is 9.81. The quantitative estimate of drug-likeness (QED) is 0.306. The van der Waals surface area contributed by atoms with Crippen molar-refractivity contribution in [1.82, 2.24) is 29.1 Å². The fraction of sp³-hybridized carbons (Fsp3) is 0.514. The van der Waals surface area contributed by atoms with E-state index in [2.05, 4.69) is 32.1 Å². The van der Waals surface area contributed by atoms with Crippen LogP contribution in [0, 0.1) is 0 Å². The standard InChI is InChI=1S/C35H46N6O7S/c1-39(2)49(45,46)38-34(43)32-25-19-41-27(18-24-28(48-5)15-14-22(33(24)41)21-10-7-6-8-11-21)31-23(30(25)32)12-9-13-26(31)37-35(44)40(3)20-29(42)36-16-17-47-4/h9,12,14-15,18,21,26,31H,6-8,10-11,13,16-17,19-20H2,1-5H3,(H,36,42)(H,37,44)(H,38,43)/t26-,31?/m1/s1. The lowest BCUT2D eigenvalue weighted by Crippen LogP contribution is -2.49. The Morgan fingerprint density at radius 3 is 2.51 bits per heavy atom. The molecule has 1 fully saturated rings. The summed E-state index contributed by atoms with van der Waals surface area (Å²) in [6.45, 7) is 0.958. The van der Waals surface area contributed by atoms with Gasteiger partial charge in [-0.25, -0.2) is 9.52 Å². The minimum absolute atomic E-state index is 0.130. The second kappa shape index (κ2) is 14.0. The number of urea groups is 1. The van der Waals surface area contributed by atoms with E-state index in [4.69, 9.17) is 9.47 Å². The second-order valence-electron chi connectivity index (χ2n) is 13.4. The molecule has 2 aromatic rings. The van der Waals surface area contributed by atoms with Crippen LogP contribution in [0.3, 0.4) is 0 Å². The van der Waals surface area contributed by atoms with E-state index in [0.29, 0.717) is 37.6 Å². The SMILES string of the molecule is COCCNC(=O)CN(C)C(=O)N[C@@H]1CC=CC2=C3C(=C3C(=O)NS(=O)(=O)N(C)C)Cn3c(cc4c(OC)ccc(C5CCCCC5)c43)C21. The maximum Gasteiger partial charge on any atom is 0.317 e. The molecule has 13 nitrogen and oxygen atoms in total. The number of hydrogen-bond donors (Lipinski definition) is 3. The summed E-state index contributed by atoms with van der Waals surface area (Å²) in [7, 11) is 3.50. The third-order valence-electron chi connectivity index (χ3n) is 10.1. The number of likely N-dealkylation sites (N-methyl/N-ethyl adjacent to an activating group) is 1. The van der Waals surface area contributed by atoms with Crippen molar-refractivity contribution in [3.8, 4) is 5.75 Å². The van der Waals surface area contributed by atoms with Crippen LogP contribution in [0.25, 0.3) is 10.9 Å². The molecule has 1 aromatic heterocycles. The van der Waals surface area contributed by atoms with Gasteiger partial charge in [0.25, 0.3) is 5.91 Å². The Morgan fingerprint density at radius 1 is 1.06 bits per heavy atom. The molecule has 0 spiro atoms. The molecular weight excluding hydrogens is 648 g/mol. The van der Waals surface area contributed by atoms with Gasteiger partial charge in [-0.3, -0.25) is 9.59 Å². The van der Waals surface area contributed by atoms with Crippen molar-refractivity contribution >= 4 is 39.0 Å². The van der Waals surface area contributed by atoms with Crippen molar-refractivity contribution in [3.63, 3.8) is 0 Å². The predicted octanol–water partition coefficient (Wildman–Crippen LogP) is 3.06. The Morgan fingerprint density at radius 2 is 1.82 bits per heavy atom. The van der Waals surface area contributed by atoms with Crippen LogP contribution in [-0.2, 0) is 31.1 Å². The summed E-state index contributed by atoms with van der Waals surface area (Å²) in [4.78, 5) is 40.9. The van der Waals surface area contributed by atoms with E-state index in [1.807, 2.05) is 18.2 Å². The van der Waals surface area contributed by atoms with Gasteiger partial charge in [0, 0.05) is 64.4 Å². The van der Waals surface area contributed by atoms with Gasteiger partial charge in [-0.05, 0) is 59.6 Å². The Kier molecular flexibility index (Phi) is 9.92. The zero-order chi connectivity index (χ0) is 35.0. The zero-order valence-corrected chi connectivity index (χ0v) is 29.6. The third-order valence-corrected chi connectivity index (χ3v) is 11.5. The molecule has 2 atom stereocenters. The number of carbonyl (C=O) groups is 3. The third kappa shape index (κ3) is 6.73. The van der Waals surface area contributed by atoms with Crippen LogP contribution in [-0.4, -0.2) is 101 Å². The number of carbonyl (C=O) groups excluding carboxylic acids is 3. The highest BCUT2D eigenvalue weighted by molar-refractivity contribution is 7.87. The van der Waals surface area contributed by atoms with E-state index in [-0.39, 0.29) is 18.4 Å². The molecule has 6 rings (SSSR count). The molecule has 4 aliphatic rings. The summed E-state index contributed by atoms with van der Waals surface area (Å²) >= 11 is 0. The largest absolute Gasteiger partial charge is 0.496 e. The topological polar surface area (TPSA) is 151 Å². The molecule has 4 amide bonds. The number of nitrogens with zero attached hydrogens (tertiary/aromatic N) is 3. The first-order valence-electron chi connectivity index (χ1n) is 16.8. The van der Waals surface area contributed by atoms with Crippen molar-refractivity contribution in [2.24, 2.45) is 0 Å². The van der Waals surface area contributed by atoms with E-state index in [1.165, 1.54) is 31.0 Å². The van der Waals surface area contributed by atoms with Gasteiger partial charge in [0.15, 0.2) is 0 Å². The summed E-state index contributed by atoms with van der Waals surface area (Å²) in [6.07, 6.45) is 10.2. The first kappa shape index (κ1) is 34.7. The van der Waals surface area contributed by atoms with Crippen LogP contribution >= 0.6 is 0 Å². The first-order valence-corrected chi connectivity index (χ1v) is 18.3. The maximum absolute atomic E-state index is 13.6. The molecule has 1 aliphatic heterocycles. The number of fused-ring (bicyclic) bond motifs is 6. The number of rotatable bonds is 11. The van der Waals surface area contributed by atoms with Gasteiger partial charge in [0.2, 0.25) is 5.91 Å². The Hall–Kier alpha value is -4.14. The molecule has 0 bridgehead atoms. The van der Waals surface area contributed by atoms with Gasteiger partial charge in [-0.1, -0.05) is 37.5 Å². The first-order chi connectivity index (χ1) is 23.5. The van der Waals surface area contributed by atoms with Gasteiger partial charge in [0.1, 0.15) is 12.3 Å². The maximum atomic E-state index is 13.6. The number of allylic oxidation sites excluding steroid dienone is 2. The Bertz CT molecular complexity index is 1870. The molecule has 49 heavy (non-hydrogen) atoms. The summed E-state index contributed by atoms with van der Waals surface area (Å²) in [6, 6.07) is 5.52.